The fourth-order valence-electron chi connectivity index (χ4n) is 3.01. The third kappa shape index (κ3) is 5.02. The average molecular weight is 416 g/mol. The van der Waals surface area contributed by atoms with Crippen molar-refractivity contribution >= 4 is 34.7 Å². The number of nitrogens with zero attached hydrogens (tertiary/aromatic N) is 1. The summed E-state index contributed by atoms with van der Waals surface area (Å²) in [6, 6.07) is 17.9. The average Bonchev–Trinajstić information content (AvgIpc) is 3.17. The van der Waals surface area contributed by atoms with Crippen molar-refractivity contribution in [1.29, 1.82) is 0 Å². The minimum atomic E-state index is -0.909. The van der Waals surface area contributed by atoms with Gasteiger partial charge in [-0.2, -0.15) is 0 Å². The molecule has 4 aromatic rings. The van der Waals surface area contributed by atoms with Crippen molar-refractivity contribution in [3.63, 3.8) is 0 Å². The van der Waals surface area contributed by atoms with E-state index >= 15 is 0 Å². The van der Waals surface area contributed by atoms with Crippen molar-refractivity contribution in [3.8, 4) is 11.5 Å². The fourth-order valence-corrected chi connectivity index (χ4v) is 3.01. The molecular weight excluding hydrogens is 399 g/mol. The molecule has 6 nitrogen and oxygen atoms in total. The van der Waals surface area contributed by atoms with Crippen LogP contribution in [0.4, 0.5) is 10.1 Å². The zero-order valence-corrected chi connectivity index (χ0v) is 16.2. The number of hydrogen-bond acceptors (Lipinski definition) is 4. The molecule has 3 aromatic carbocycles. The van der Waals surface area contributed by atoms with Crippen LogP contribution in [0.2, 0.25) is 0 Å². The zero-order valence-electron chi connectivity index (χ0n) is 16.2. The maximum Gasteiger partial charge on any atom is 0.307 e. The lowest BCUT2D eigenvalue weighted by Gasteiger charge is -2.03. The molecule has 0 aliphatic carbocycles. The summed E-state index contributed by atoms with van der Waals surface area (Å²) in [5.41, 5.74) is 3.82. The Balaban J connectivity index is 1.44. The van der Waals surface area contributed by atoms with E-state index in [1.807, 2.05) is 0 Å². The molecule has 1 amide bonds. The van der Waals surface area contributed by atoms with E-state index in [9.17, 15) is 14.0 Å². The second kappa shape index (κ2) is 8.62. The maximum atomic E-state index is 12.9. The van der Waals surface area contributed by atoms with Crippen molar-refractivity contribution in [2.75, 3.05) is 5.32 Å². The van der Waals surface area contributed by atoms with Crippen LogP contribution in [0.1, 0.15) is 11.1 Å². The summed E-state index contributed by atoms with van der Waals surface area (Å²) in [6.07, 6.45) is 2.89. The van der Waals surface area contributed by atoms with Crippen LogP contribution in [0, 0.1) is 5.82 Å². The largest absolute Gasteiger partial charge is 0.481 e. The summed E-state index contributed by atoms with van der Waals surface area (Å²) in [6.45, 7) is 0. The maximum absolute atomic E-state index is 12.9. The third-order valence-corrected chi connectivity index (χ3v) is 4.50. The Kier molecular flexibility index (Phi) is 5.57. The number of carbonyl (C=O) groups is 2. The monoisotopic (exact) mass is 416 g/mol. The number of aromatic nitrogens is 1. The molecule has 0 unspecified atom stereocenters. The van der Waals surface area contributed by atoms with Crippen LogP contribution in [0.3, 0.4) is 0 Å². The van der Waals surface area contributed by atoms with E-state index in [1.165, 1.54) is 18.2 Å². The molecule has 0 saturated heterocycles. The van der Waals surface area contributed by atoms with Gasteiger partial charge < -0.3 is 14.8 Å². The minimum Gasteiger partial charge on any atom is -0.481 e. The van der Waals surface area contributed by atoms with Gasteiger partial charge in [0.15, 0.2) is 5.58 Å². The second-order valence-electron chi connectivity index (χ2n) is 6.84. The first kappa shape index (κ1) is 20.0. The fraction of sp³-hybridized carbons (Fsp3) is 0.0417. The first-order valence-corrected chi connectivity index (χ1v) is 9.42. The Hall–Kier alpha value is -4.26. The van der Waals surface area contributed by atoms with Gasteiger partial charge in [0.05, 0.1) is 6.42 Å². The summed E-state index contributed by atoms with van der Waals surface area (Å²) in [5.74, 6) is -1.16. The van der Waals surface area contributed by atoms with E-state index < -0.39 is 5.97 Å². The highest BCUT2D eigenvalue weighted by Crippen LogP contribution is 2.26. The minimum absolute atomic E-state index is 0.0812. The first-order chi connectivity index (χ1) is 15.0. The standard InChI is InChI=1S/C24H17FN2O4/c25-18-7-1-15(2-8-18)4-12-22(28)26-19-9-5-17(6-10-19)24-27-20-13-16(14-23(29)30)3-11-21(20)31-24/h1-13H,14H2,(H,26,28)(H,29,30)/b12-4+. The van der Waals surface area contributed by atoms with Crippen molar-refractivity contribution in [2.24, 2.45) is 0 Å². The molecule has 0 radical (unpaired) electrons. The molecule has 0 atom stereocenters. The van der Waals surface area contributed by atoms with E-state index in [2.05, 4.69) is 10.3 Å². The normalized spacial score (nSPS) is 11.1. The predicted molar refractivity (Wildman–Crippen MR) is 115 cm³/mol. The van der Waals surface area contributed by atoms with Crippen molar-refractivity contribution in [2.45, 2.75) is 6.42 Å². The number of benzene rings is 3. The lowest BCUT2D eigenvalue weighted by atomic mass is 10.1. The molecule has 0 aliphatic heterocycles. The Bertz CT molecular complexity index is 1280. The van der Waals surface area contributed by atoms with Crippen molar-refractivity contribution in [3.05, 3.63) is 89.8 Å². The van der Waals surface area contributed by atoms with Gasteiger partial charge in [0.2, 0.25) is 11.8 Å². The lowest BCUT2D eigenvalue weighted by Crippen LogP contribution is -2.07. The van der Waals surface area contributed by atoms with Gasteiger partial charge in [-0.15, -0.1) is 0 Å². The summed E-state index contributed by atoms with van der Waals surface area (Å²) in [4.78, 5) is 27.4. The predicted octanol–water partition coefficient (Wildman–Crippen LogP) is 4.91. The molecule has 7 heteroatoms. The van der Waals surface area contributed by atoms with Crippen LogP contribution in [0.25, 0.3) is 28.6 Å². The van der Waals surface area contributed by atoms with E-state index in [0.717, 1.165) is 11.1 Å². The Labute approximate surface area is 176 Å². The van der Waals surface area contributed by atoms with E-state index in [0.29, 0.717) is 28.2 Å². The second-order valence-corrected chi connectivity index (χ2v) is 6.84. The smallest absolute Gasteiger partial charge is 0.307 e. The number of halogens is 1. The van der Waals surface area contributed by atoms with Crippen LogP contribution >= 0.6 is 0 Å². The molecule has 0 aliphatic rings. The molecule has 0 spiro atoms. The third-order valence-electron chi connectivity index (χ3n) is 4.50. The number of anilines is 1. The highest BCUT2D eigenvalue weighted by molar-refractivity contribution is 6.02. The van der Waals surface area contributed by atoms with Crippen LogP contribution in [0.5, 0.6) is 0 Å². The Morgan fingerprint density at radius 3 is 2.48 bits per heavy atom. The van der Waals surface area contributed by atoms with Crippen LogP contribution in [-0.4, -0.2) is 22.0 Å². The topological polar surface area (TPSA) is 92.4 Å². The van der Waals surface area contributed by atoms with Gasteiger partial charge >= 0.3 is 5.97 Å². The van der Waals surface area contributed by atoms with Gasteiger partial charge in [0.25, 0.3) is 0 Å². The summed E-state index contributed by atoms with van der Waals surface area (Å²) in [7, 11) is 0. The number of carboxylic acid groups (broad SMARTS) is 1. The Morgan fingerprint density at radius 2 is 1.77 bits per heavy atom. The van der Waals surface area contributed by atoms with Gasteiger partial charge in [-0.3, -0.25) is 9.59 Å². The zero-order chi connectivity index (χ0) is 21.8. The number of rotatable bonds is 6. The number of carboxylic acids is 1. The molecule has 1 heterocycles. The SMILES string of the molecule is O=C(O)Cc1ccc2oc(-c3ccc(NC(=O)/C=C/c4ccc(F)cc4)cc3)nc2c1. The Morgan fingerprint density at radius 1 is 1.03 bits per heavy atom. The van der Waals surface area contributed by atoms with Gasteiger partial charge in [0.1, 0.15) is 11.3 Å². The van der Waals surface area contributed by atoms with Crippen LogP contribution in [0.15, 0.2) is 77.2 Å². The lowest BCUT2D eigenvalue weighted by molar-refractivity contribution is -0.136. The van der Waals surface area contributed by atoms with E-state index in [4.69, 9.17) is 9.52 Å². The first-order valence-electron chi connectivity index (χ1n) is 9.42. The van der Waals surface area contributed by atoms with Gasteiger partial charge in [0, 0.05) is 17.3 Å². The number of carbonyl (C=O) groups excluding carboxylic acids is 1. The van der Waals surface area contributed by atoms with Gasteiger partial charge in [-0.05, 0) is 65.7 Å². The molecule has 31 heavy (non-hydrogen) atoms. The van der Waals surface area contributed by atoms with Gasteiger partial charge in [-0.25, -0.2) is 9.37 Å². The van der Waals surface area contributed by atoms with E-state index in [1.54, 1.807) is 60.7 Å². The number of amides is 1. The summed E-state index contributed by atoms with van der Waals surface area (Å²) in [5, 5.41) is 11.7. The number of aliphatic carboxylic acids is 1. The molecular formula is C24H17FN2O4. The number of fused-ring (bicyclic) bond motifs is 1. The number of nitrogens with one attached hydrogen (secondary N) is 1. The van der Waals surface area contributed by atoms with Crippen molar-refractivity contribution in [1.82, 2.24) is 4.98 Å². The van der Waals surface area contributed by atoms with Crippen LogP contribution < -0.4 is 5.32 Å². The molecule has 0 fully saturated rings. The van der Waals surface area contributed by atoms with Crippen molar-refractivity contribution < 1.29 is 23.5 Å². The molecule has 0 saturated carbocycles. The molecule has 1 aromatic heterocycles. The molecule has 4 rings (SSSR count). The van der Waals surface area contributed by atoms with Crippen LogP contribution in [-0.2, 0) is 16.0 Å². The highest BCUT2D eigenvalue weighted by Gasteiger charge is 2.10. The quantitative estimate of drug-likeness (QED) is 0.436. The number of oxazole rings is 1. The van der Waals surface area contributed by atoms with Gasteiger partial charge in [-0.1, -0.05) is 18.2 Å². The molecule has 2 N–H and O–H groups in total. The molecule has 154 valence electrons. The number of hydrogen-bond donors (Lipinski definition) is 2. The molecule has 0 bridgehead atoms. The van der Waals surface area contributed by atoms with E-state index in [-0.39, 0.29) is 18.1 Å². The summed E-state index contributed by atoms with van der Waals surface area (Å²) < 4.78 is 18.7. The highest BCUT2D eigenvalue weighted by atomic mass is 19.1. The summed E-state index contributed by atoms with van der Waals surface area (Å²) >= 11 is 0.